The molecule has 0 aliphatic rings. The zero-order chi connectivity index (χ0) is 25.1. The number of carbonyl (C=O) groups is 1. The first-order valence-corrected chi connectivity index (χ1v) is 11.9. The predicted molar refractivity (Wildman–Crippen MR) is 134 cm³/mol. The van der Waals surface area contributed by atoms with E-state index in [0.29, 0.717) is 0 Å². The highest BCUT2D eigenvalue weighted by atomic mass is 32.9. The smallest absolute Gasteiger partial charge is 0.268 e. The first-order chi connectivity index (χ1) is 17.3. The van der Waals surface area contributed by atoms with Crippen LogP contribution in [0.25, 0.3) is 0 Å². The van der Waals surface area contributed by atoms with Gasteiger partial charge in [0.15, 0.2) is 0 Å². The molecule has 0 aliphatic heterocycles. The number of hydrogen-bond acceptors (Lipinski definition) is 12. The summed E-state index contributed by atoms with van der Waals surface area (Å²) in [5, 5.41) is 3.53. The summed E-state index contributed by atoms with van der Waals surface area (Å²) in [4.78, 5) is 47.2. The molecule has 0 saturated heterocycles. The fraction of sp³-hybridized carbons (Fsp3) is 0. The second kappa shape index (κ2) is 22.6. The molecule has 1 rings (SSSR count). The topological polar surface area (TPSA) is 159 Å². The highest BCUT2D eigenvalue weighted by molar-refractivity contribution is 7.67. The van der Waals surface area contributed by atoms with E-state index in [1.165, 1.54) is 120 Å². The molecule has 0 aromatic carbocycles. The average Bonchev–Trinajstić information content (AvgIpc) is 2.85. The van der Waals surface area contributed by atoms with Crippen LogP contribution >= 0.6 is 20.7 Å². The van der Waals surface area contributed by atoms with E-state index >= 15 is 0 Å². The summed E-state index contributed by atoms with van der Waals surface area (Å²) in [6.07, 6.45) is 25.1. The molecule has 0 unspecified atom stereocenters. The lowest BCUT2D eigenvalue weighted by Crippen LogP contribution is -2.12. The summed E-state index contributed by atoms with van der Waals surface area (Å²) in [6, 6.07) is 1.77. The molecule has 0 spiro atoms. The first-order valence-electron chi connectivity index (χ1n) is 9.62. The fourth-order valence-corrected chi connectivity index (χ4v) is 2.58. The number of primary amides is 1. The molecule has 0 fully saturated rings. The van der Waals surface area contributed by atoms with Crippen molar-refractivity contribution in [3.05, 3.63) is 128 Å². The van der Waals surface area contributed by atoms with Crippen LogP contribution in [0.4, 0.5) is 0 Å². The van der Waals surface area contributed by atoms with Gasteiger partial charge in [-0.1, -0.05) is 20.7 Å². The Bertz CT molecular complexity index is 1110. The van der Waals surface area contributed by atoms with Crippen LogP contribution in [0.1, 0.15) is 10.5 Å². The highest BCUT2D eigenvalue weighted by Gasteiger charge is 1.95. The molecule has 35 heavy (non-hydrogen) atoms. The Morgan fingerprint density at radius 1 is 0.514 bits per heavy atom. The standard InChI is InChI=1S/C22H22N10OS2/c23-22(33)21-20-31-16-15-30-14-13-29-12-11-28-10-9-27-8-7-26-6-5-25-4-3-24-2-1-18-34-35-19-17-32-21/h1-20H,(H2,23,33). The van der Waals surface area contributed by atoms with E-state index in [4.69, 9.17) is 5.73 Å². The summed E-state index contributed by atoms with van der Waals surface area (Å²) < 4.78 is 0. The minimum absolute atomic E-state index is 0.00295. The Labute approximate surface area is 209 Å². The lowest BCUT2D eigenvalue weighted by molar-refractivity contribution is 0.0995. The van der Waals surface area contributed by atoms with E-state index < -0.39 is 5.91 Å². The Morgan fingerprint density at radius 2 is 0.886 bits per heavy atom. The molecular formula is C22H22N10OS2. The van der Waals surface area contributed by atoms with Crippen molar-refractivity contribution in [2.75, 3.05) is 0 Å². The third-order valence-corrected chi connectivity index (χ3v) is 4.42. The van der Waals surface area contributed by atoms with Crippen LogP contribution in [0, 0.1) is 0 Å². The molecule has 0 radical (unpaired) electrons. The lowest BCUT2D eigenvalue weighted by Gasteiger charge is -1.85. The van der Waals surface area contributed by atoms with Crippen molar-refractivity contribution in [3.8, 4) is 0 Å². The molecule has 11 nitrogen and oxygen atoms in total. The monoisotopic (exact) mass is 506 g/mol. The Hall–Kier alpha value is -4.62. The Kier molecular flexibility index (Phi) is 18.3. The van der Waals surface area contributed by atoms with Crippen LogP contribution in [-0.2, 0) is 0 Å². The number of nitrogens with two attached hydrogens (primary N) is 1. The molecule has 0 atom stereocenters. The van der Waals surface area contributed by atoms with E-state index in [-0.39, 0.29) is 5.69 Å². The van der Waals surface area contributed by atoms with Crippen molar-refractivity contribution in [1.82, 2.24) is 44.9 Å². The summed E-state index contributed by atoms with van der Waals surface area (Å²) in [5.41, 5.74) is 5.29. The van der Waals surface area contributed by atoms with Crippen LogP contribution in [-0.4, -0.2) is 50.8 Å². The Morgan fingerprint density at radius 3 is 1.31 bits per heavy atom. The third kappa shape index (κ3) is 19.8. The van der Waals surface area contributed by atoms with Gasteiger partial charge < -0.3 is 5.73 Å². The molecule has 1 amide bonds. The number of carbonyl (C=O) groups excluding carboxylic acids is 1. The minimum atomic E-state index is -0.699. The maximum Gasteiger partial charge on any atom is 0.268 e. The second-order valence-corrected chi connectivity index (χ2v) is 7.33. The van der Waals surface area contributed by atoms with Gasteiger partial charge in [-0.25, -0.2) is 4.98 Å². The van der Waals surface area contributed by atoms with Gasteiger partial charge in [0.25, 0.3) is 5.91 Å². The number of amides is 1. The molecule has 178 valence electrons. The van der Waals surface area contributed by atoms with Crippen LogP contribution in [0.15, 0.2) is 122 Å². The summed E-state index contributed by atoms with van der Waals surface area (Å²) in [7, 11) is 2.83. The third-order valence-electron chi connectivity index (χ3n) is 2.81. The van der Waals surface area contributed by atoms with Crippen molar-refractivity contribution in [2.45, 2.75) is 0 Å². The summed E-state index contributed by atoms with van der Waals surface area (Å²) in [5.74, 6) is -0.699. The molecule has 0 saturated carbocycles. The van der Waals surface area contributed by atoms with E-state index in [1.54, 1.807) is 17.6 Å². The summed E-state index contributed by atoms with van der Waals surface area (Å²) in [6.45, 7) is 0. The van der Waals surface area contributed by atoms with E-state index in [0.717, 1.165) is 0 Å². The molecule has 2 N–H and O–H groups in total. The van der Waals surface area contributed by atoms with Gasteiger partial charge in [-0.15, -0.1) is 0 Å². The number of hydrogen-bond donors (Lipinski definition) is 1. The number of aromatic nitrogens is 9. The lowest BCUT2D eigenvalue weighted by atomic mass is 10.4. The van der Waals surface area contributed by atoms with Gasteiger partial charge in [-0.05, 0) is 6.07 Å². The van der Waals surface area contributed by atoms with E-state index in [9.17, 15) is 4.79 Å². The van der Waals surface area contributed by atoms with Gasteiger partial charge in [0, 0.05) is 110 Å². The zero-order valence-corrected chi connectivity index (χ0v) is 20.0. The molecule has 1 aromatic heterocycles. The maximum absolute atomic E-state index is 11.4. The van der Waals surface area contributed by atoms with Crippen molar-refractivity contribution >= 4 is 26.6 Å². The van der Waals surface area contributed by atoms with Crippen LogP contribution in [0.2, 0.25) is 0 Å². The van der Waals surface area contributed by atoms with Crippen LogP contribution in [0.5, 0.6) is 0 Å². The van der Waals surface area contributed by atoms with E-state index in [1.807, 2.05) is 5.38 Å². The van der Waals surface area contributed by atoms with Gasteiger partial charge >= 0.3 is 0 Å². The van der Waals surface area contributed by atoms with E-state index in [2.05, 4.69) is 44.9 Å². The first kappa shape index (κ1) is 28.4. The molecule has 0 bridgehead atoms. The normalized spacial score (nSPS) is 8.23. The van der Waals surface area contributed by atoms with Gasteiger partial charge in [-0.3, -0.25) is 44.7 Å². The molecule has 0 aliphatic carbocycles. The Balaban J connectivity index is 3.19. The molecular weight excluding hydrogens is 484 g/mol. The van der Waals surface area contributed by atoms with Gasteiger partial charge in [0.2, 0.25) is 0 Å². The van der Waals surface area contributed by atoms with Crippen molar-refractivity contribution in [1.29, 1.82) is 0 Å². The predicted octanol–water partition coefficient (Wildman–Crippen LogP) is 3.33. The average molecular weight is 507 g/mol. The second-order valence-electron chi connectivity index (χ2n) is 5.24. The van der Waals surface area contributed by atoms with Gasteiger partial charge in [0.05, 0.1) is 6.20 Å². The van der Waals surface area contributed by atoms with Crippen LogP contribution < -0.4 is 5.73 Å². The highest BCUT2D eigenvalue weighted by Crippen LogP contribution is 1.96. The van der Waals surface area contributed by atoms with Crippen molar-refractivity contribution in [2.24, 2.45) is 5.73 Å². The van der Waals surface area contributed by atoms with Gasteiger partial charge in [0.1, 0.15) is 5.69 Å². The molecule has 1 heterocycles. The SMILES string of the molecule is NC(=O)c1cnccnccnccnccnccnccnccncccssccn1. The van der Waals surface area contributed by atoms with Crippen molar-refractivity contribution in [3.63, 3.8) is 0 Å². The summed E-state index contributed by atoms with van der Waals surface area (Å²) >= 11 is 0. The quantitative estimate of drug-likeness (QED) is 0.560. The zero-order valence-electron chi connectivity index (χ0n) is 18.4. The largest absolute Gasteiger partial charge is 0.364 e. The maximum atomic E-state index is 11.4. The molecule has 1 aromatic rings. The minimum Gasteiger partial charge on any atom is -0.364 e. The number of nitrogens with zero attached hydrogens (tertiary/aromatic N) is 9. The van der Waals surface area contributed by atoms with Crippen LogP contribution in [0.3, 0.4) is 0 Å². The number of rotatable bonds is 1. The van der Waals surface area contributed by atoms with Gasteiger partial charge in [-0.2, -0.15) is 0 Å². The van der Waals surface area contributed by atoms with Crippen molar-refractivity contribution < 1.29 is 4.79 Å². The molecule has 13 heteroatoms. The fourth-order valence-electron chi connectivity index (χ4n) is 1.48.